The van der Waals surface area contributed by atoms with Crippen molar-refractivity contribution in [1.29, 1.82) is 0 Å². The Kier molecular flexibility index (Phi) is 4.56. The maximum atomic E-state index is 11.9. The summed E-state index contributed by atoms with van der Waals surface area (Å²) in [5.74, 6) is 0.652. The Morgan fingerprint density at radius 1 is 1.36 bits per heavy atom. The minimum atomic E-state index is -3.13. The second kappa shape index (κ2) is 6.29. The molecular weight excluding hydrogens is 300 g/mol. The van der Waals surface area contributed by atoms with Crippen LogP contribution in [-0.4, -0.2) is 41.4 Å². The Morgan fingerprint density at radius 2 is 2.14 bits per heavy atom. The molecule has 22 heavy (non-hydrogen) atoms. The van der Waals surface area contributed by atoms with Crippen molar-refractivity contribution in [1.82, 2.24) is 19.4 Å². The van der Waals surface area contributed by atoms with Crippen LogP contribution in [0.15, 0.2) is 6.07 Å². The van der Waals surface area contributed by atoms with Crippen LogP contribution in [-0.2, 0) is 29.7 Å². The Labute approximate surface area is 132 Å². The summed E-state index contributed by atoms with van der Waals surface area (Å²) < 4.78 is 28.5. The van der Waals surface area contributed by atoms with E-state index in [0.29, 0.717) is 12.5 Å². The lowest BCUT2D eigenvalue weighted by molar-refractivity contribution is 0.239. The monoisotopic (exact) mass is 326 g/mol. The van der Waals surface area contributed by atoms with E-state index in [4.69, 9.17) is 0 Å². The lowest BCUT2D eigenvalue weighted by Gasteiger charge is -2.21. The van der Waals surface area contributed by atoms with Crippen molar-refractivity contribution >= 4 is 10.0 Å². The maximum absolute atomic E-state index is 11.9. The van der Waals surface area contributed by atoms with Gasteiger partial charge in [0.05, 0.1) is 23.2 Å². The van der Waals surface area contributed by atoms with Crippen molar-refractivity contribution < 1.29 is 8.42 Å². The molecule has 0 saturated heterocycles. The third-order valence-electron chi connectivity index (χ3n) is 4.18. The predicted octanol–water partition coefficient (Wildman–Crippen LogP) is 1.33. The van der Waals surface area contributed by atoms with Crippen LogP contribution >= 0.6 is 0 Å². The van der Waals surface area contributed by atoms with Gasteiger partial charge in [-0.15, -0.1) is 0 Å². The molecule has 1 aromatic rings. The van der Waals surface area contributed by atoms with Crippen molar-refractivity contribution in [2.24, 2.45) is 5.92 Å². The van der Waals surface area contributed by atoms with Gasteiger partial charge in [-0.1, -0.05) is 13.8 Å². The summed E-state index contributed by atoms with van der Waals surface area (Å²) in [4.78, 5) is 2.46. The summed E-state index contributed by atoms with van der Waals surface area (Å²) in [6, 6.07) is 2.05. The van der Waals surface area contributed by atoms with Crippen LogP contribution in [0.4, 0.5) is 0 Å². The molecule has 0 radical (unpaired) electrons. The third kappa shape index (κ3) is 3.88. The van der Waals surface area contributed by atoms with Crippen LogP contribution in [0.3, 0.4) is 0 Å². The number of aromatic nitrogens is 2. The summed E-state index contributed by atoms with van der Waals surface area (Å²) in [6.07, 6.45) is 2.67. The van der Waals surface area contributed by atoms with Gasteiger partial charge in [-0.25, -0.2) is 13.1 Å². The second-order valence-electron chi connectivity index (χ2n) is 6.90. The van der Waals surface area contributed by atoms with Crippen molar-refractivity contribution in [2.45, 2.75) is 58.0 Å². The van der Waals surface area contributed by atoms with Gasteiger partial charge >= 0.3 is 0 Å². The van der Waals surface area contributed by atoms with Crippen LogP contribution in [0.25, 0.3) is 0 Å². The number of nitrogens with zero attached hydrogens (tertiary/aromatic N) is 3. The van der Waals surface area contributed by atoms with Gasteiger partial charge in [-0.2, -0.15) is 5.10 Å². The van der Waals surface area contributed by atoms with Crippen molar-refractivity contribution in [3.63, 3.8) is 0 Å². The van der Waals surface area contributed by atoms with Crippen molar-refractivity contribution in [3.05, 3.63) is 17.5 Å². The first-order valence-electron chi connectivity index (χ1n) is 8.20. The lowest BCUT2D eigenvalue weighted by atomic mass is 10.2. The summed E-state index contributed by atoms with van der Waals surface area (Å²) >= 11 is 0. The first kappa shape index (κ1) is 16.0. The first-order chi connectivity index (χ1) is 10.4. The molecule has 1 aromatic heterocycles. The van der Waals surface area contributed by atoms with E-state index in [9.17, 15) is 8.42 Å². The van der Waals surface area contributed by atoms with Gasteiger partial charge in [0.25, 0.3) is 0 Å². The van der Waals surface area contributed by atoms with Crippen LogP contribution in [0.5, 0.6) is 0 Å². The van der Waals surface area contributed by atoms with E-state index >= 15 is 0 Å². The number of hydrogen-bond donors (Lipinski definition) is 1. The van der Waals surface area contributed by atoms with E-state index in [0.717, 1.165) is 51.1 Å². The quantitative estimate of drug-likeness (QED) is 0.856. The molecule has 0 atom stereocenters. The van der Waals surface area contributed by atoms with Gasteiger partial charge in [-0.05, 0) is 31.2 Å². The normalized spacial score (nSPS) is 20.1. The third-order valence-corrected chi connectivity index (χ3v) is 6.08. The van der Waals surface area contributed by atoms with Crippen LogP contribution in [0, 0.1) is 5.92 Å². The molecule has 0 bridgehead atoms. The highest BCUT2D eigenvalue weighted by Gasteiger charge is 2.35. The minimum Gasteiger partial charge on any atom is -0.297 e. The average Bonchev–Trinajstić information content (AvgIpc) is 3.23. The molecule has 1 fully saturated rings. The molecule has 0 spiro atoms. The van der Waals surface area contributed by atoms with Crippen LogP contribution < -0.4 is 4.72 Å². The molecule has 1 N–H and O–H groups in total. The SMILES string of the molecule is CC(C)CN1CCCn2nc(CNS(=O)(=O)C3CC3)cc2C1. The fourth-order valence-corrected chi connectivity index (χ4v) is 4.36. The molecule has 2 heterocycles. The summed E-state index contributed by atoms with van der Waals surface area (Å²) in [7, 11) is -3.13. The molecular formula is C15H26N4O2S. The van der Waals surface area contributed by atoms with E-state index < -0.39 is 10.0 Å². The van der Waals surface area contributed by atoms with E-state index in [1.54, 1.807) is 0 Å². The molecule has 1 saturated carbocycles. The predicted molar refractivity (Wildman–Crippen MR) is 85.7 cm³/mol. The highest BCUT2D eigenvalue weighted by molar-refractivity contribution is 7.90. The number of fused-ring (bicyclic) bond motifs is 1. The van der Waals surface area contributed by atoms with Gasteiger partial charge in [-0.3, -0.25) is 9.58 Å². The highest BCUT2D eigenvalue weighted by atomic mass is 32.2. The number of aryl methyl sites for hydroxylation is 1. The summed E-state index contributed by atoms with van der Waals surface area (Å²) in [5.41, 5.74) is 2.02. The molecule has 0 amide bonds. The molecule has 124 valence electrons. The fourth-order valence-electron chi connectivity index (χ4n) is 3.02. The van der Waals surface area contributed by atoms with E-state index in [2.05, 4.69) is 28.6 Å². The number of nitrogens with one attached hydrogen (secondary N) is 1. The van der Waals surface area contributed by atoms with Gasteiger partial charge in [0.15, 0.2) is 0 Å². The summed E-state index contributed by atoms with van der Waals surface area (Å²) in [6.45, 7) is 8.80. The second-order valence-corrected chi connectivity index (χ2v) is 8.94. The Morgan fingerprint density at radius 3 is 2.82 bits per heavy atom. The number of hydrogen-bond acceptors (Lipinski definition) is 4. The number of rotatable bonds is 6. The topological polar surface area (TPSA) is 67.2 Å². The summed E-state index contributed by atoms with van der Waals surface area (Å²) in [5, 5.41) is 4.40. The zero-order valence-electron chi connectivity index (χ0n) is 13.5. The fraction of sp³-hybridized carbons (Fsp3) is 0.800. The Hall–Kier alpha value is -0.920. The Bertz CT molecular complexity index is 619. The van der Waals surface area contributed by atoms with Gasteiger partial charge in [0.2, 0.25) is 10.0 Å². The smallest absolute Gasteiger partial charge is 0.214 e. The van der Waals surface area contributed by atoms with Crippen LogP contribution in [0.1, 0.15) is 44.5 Å². The van der Waals surface area contributed by atoms with E-state index in [1.165, 1.54) is 5.69 Å². The molecule has 0 unspecified atom stereocenters. The molecule has 0 aromatic carbocycles. The highest BCUT2D eigenvalue weighted by Crippen LogP contribution is 2.27. The maximum Gasteiger partial charge on any atom is 0.214 e. The number of sulfonamides is 1. The van der Waals surface area contributed by atoms with Gasteiger partial charge < -0.3 is 0 Å². The molecule has 3 rings (SSSR count). The zero-order chi connectivity index (χ0) is 15.7. The van der Waals surface area contributed by atoms with E-state index in [-0.39, 0.29) is 5.25 Å². The van der Waals surface area contributed by atoms with Crippen molar-refractivity contribution in [3.8, 4) is 0 Å². The molecule has 1 aliphatic carbocycles. The lowest BCUT2D eigenvalue weighted by Crippen LogP contribution is -2.27. The zero-order valence-corrected chi connectivity index (χ0v) is 14.3. The van der Waals surface area contributed by atoms with Crippen molar-refractivity contribution in [2.75, 3.05) is 13.1 Å². The molecule has 7 heteroatoms. The standard InChI is InChI=1S/C15H26N4O2S/c1-12(2)10-18-6-3-7-19-14(11-18)8-13(17-19)9-16-22(20,21)15-4-5-15/h8,12,15-16H,3-7,9-11H2,1-2H3. The van der Waals surface area contributed by atoms with Gasteiger partial charge in [0.1, 0.15) is 0 Å². The van der Waals surface area contributed by atoms with Crippen LogP contribution in [0.2, 0.25) is 0 Å². The molecule has 1 aliphatic heterocycles. The largest absolute Gasteiger partial charge is 0.297 e. The average molecular weight is 326 g/mol. The van der Waals surface area contributed by atoms with E-state index in [1.807, 2.05) is 10.7 Å². The molecule has 6 nitrogen and oxygen atoms in total. The van der Waals surface area contributed by atoms with Gasteiger partial charge in [0, 0.05) is 26.2 Å². The minimum absolute atomic E-state index is 0.172. The molecule has 2 aliphatic rings. The Balaban J connectivity index is 1.64. The first-order valence-corrected chi connectivity index (χ1v) is 9.75.